The second-order valence-corrected chi connectivity index (χ2v) is 5.54. The van der Waals surface area contributed by atoms with Crippen molar-refractivity contribution >= 4 is 12.0 Å². The summed E-state index contributed by atoms with van der Waals surface area (Å²) in [6.45, 7) is 0.754. The molecule has 5 nitrogen and oxygen atoms in total. The minimum atomic E-state index is -4.45. The molecular weight excluding hydrogens is 337 g/mol. The first-order chi connectivity index (χ1) is 11.9. The van der Waals surface area contributed by atoms with E-state index in [1.807, 2.05) is 0 Å². The molecule has 1 unspecified atom stereocenters. The number of aromatic nitrogens is 1. The van der Waals surface area contributed by atoms with Crippen molar-refractivity contribution in [3.8, 4) is 5.88 Å². The third kappa shape index (κ3) is 4.40. The minimum absolute atomic E-state index is 0.0970. The van der Waals surface area contributed by atoms with E-state index in [1.54, 1.807) is 23.1 Å². The smallest absolute Gasteiger partial charge is 0.416 e. The van der Waals surface area contributed by atoms with Gasteiger partial charge >= 0.3 is 6.18 Å². The van der Waals surface area contributed by atoms with Gasteiger partial charge in [0.25, 0.3) is 0 Å². The maximum Gasteiger partial charge on any atom is 0.416 e. The third-order valence-electron chi connectivity index (χ3n) is 3.74. The van der Waals surface area contributed by atoms with Crippen LogP contribution in [0.25, 0.3) is 6.08 Å². The van der Waals surface area contributed by atoms with Gasteiger partial charge in [0.15, 0.2) is 0 Å². The van der Waals surface area contributed by atoms with E-state index in [9.17, 15) is 18.0 Å². The van der Waals surface area contributed by atoms with Crippen molar-refractivity contribution in [1.82, 2.24) is 9.88 Å². The number of ether oxygens (including phenoxy) is 1. The molecule has 2 aromatic heterocycles. The van der Waals surface area contributed by atoms with Gasteiger partial charge in [0, 0.05) is 31.3 Å². The Kier molecular flexibility index (Phi) is 4.78. The fraction of sp³-hybridized carbons (Fsp3) is 0.294. The second-order valence-electron chi connectivity index (χ2n) is 5.54. The van der Waals surface area contributed by atoms with Crippen molar-refractivity contribution in [3.05, 3.63) is 54.1 Å². The molecule has 0 saturated carbocycles. The molecule has 0 aliphatic carbocycles. The molecule has 0 bridgehead atoms. The number of hydrogen-bond acceptors (Lipinski definition) is 4. The Morgan fingerprint density at radius 2 is 2.24 bits per heavy atom. The number of pyridine rings is 1. The molecule has 8 heteroatoms. The van der Waals surface area contributed by atoms with Crippen LogP contribution in [0.3, 0.4) is 0 Å². The molecule has 0 spiro atoms. The average Bonchev–Trinajstić information content (AvgIpc) is 3.24. The van der Waals surface area contributed by atoms with E-state index in [4.69, 9.17) is 9.15 Å². The number of furan rings is 1. The molecule has 3 heterocycles. The molecule has 3 rings (SSSR count). The second kappa shape index (κ2) is 7.00. The Balaban J connectivity index is 1.57. The molecular formula is C17H15F3N2O3. The molecule has 0 radical (unpaired) electrons. The Morgan fingerprint density at radius 3 is 2.96 bits per heavy atom. The van der Waals surface area contributed by atoms with Crippen molar-refractivity contribution in [3.63, 3.8) is 0 Å². The van der Waals surface area contributed by atoms with Crippen molar-refractivity contribution in [2.75, 3.05) is 13.1 Å². The molecule has 1 aliphatic rings. The first-order valence-corrected chi connectivity index (χ1v) is 7.62. The highest BCUT2D eigenvalue weighted by molar-refractivity contribution is 5.91. The van der Waals surface area contributed by atoms with Crippen LogP contribution in [0.4, 0.5) is 13.2 Å². The summed E-state index contributed by atoms with van der Waals surface area (Å²) >= 11 is 0. The molecule has 0 N–H and O–H groups in total. The minimum Gasteiger partial charge on any atom is -0.472 e. The van der Waals surface area contributed by atoms with Crippen LogP contribution >= 0.6 is 0 Å². The lowest BCUT2D eigenvalue weighted by Crippen LogP contribution is -2.29. The van der Waals surface area contributed by atoms with Gasteiger partial charge < -0.3 is 14.1 Å². The number of amides is 1. The Morgan fingerprint density at radius 1 is 1.40 bits per heavy atom. The largest absolute Gasteiger partial charge is 0.472 e. The van der Waals surface area contributed by atoms with E-state index in [-0.39, 0.29) is 11.8 Å². The number of likely N-dealkylation sites (tertiary alicyclic amines) is 1. The van der Waals surface area contributed by atoms with Gasteiger partial charge in [-0.2, -0.15) is 13.2 Å². The highest BCUT2D eigenvalue weighted by Gasteiger charge is 2.32. The van der Waals surface area contributed by atoms with Gasteiger partial charge in [-0.05, 0) is 24.3 Å². The van der Waals surface area contributed by atoms with Crippen LogP contribution < -0.4 is 4.74 Å². The normalized spacial score (nSPS) is 18.0. The van der Waals surface area contributed by atoms with Gasteiger partial charge in [0.2, 0.25) is 11.8 Å². The zero-order chi connectivity index (χ0) is 17.9. The van der Waals surface area contributed by atoms with Crippen LogP contribution in [0.15, 0.2) is 47.2 Å². The number of nitrogens with zero attached hydrogens (tertiary/aromatic N) is 2. The summed E-state index contributed by atoms with van der Waals surface area (Å²) in [7, 11) is 0. The van der Waals surface area contributed by atoms with E-state index >= 15 is 0 Å². The summed E-state index contributed by atoms with van der Waals surface area (Å²) in [4.78, 5) is 17.5. The van der Waals surface area contributed by atoms with Crippen LogP contribution in [0.5, 0.6) is 5.88 Å². The Labute approximate surface area is 141 Å². The van der Waals surface area contributed by atoms with Gasteiger partial charge in [-0.15, -0.1) is 0 Å². The zero-order valence-electron chi connectivity index (χ0n) is 13.1. The number of carbonyl (C=O) groups excluding carboxylic acids is 1. The van der Waals surface area contributed by atoms with Gasteiger partial charge in [-0.3, -0.25) is 4.79 Å². The van der Waals surface area contributed by atoms with Crippen molar-refractivity contribution < 1.29 is 27.1 Å². The molecule has 25 heavy (non-hydrogen) atoms. The summed E-state index contributed by atoms with van der Waals surface area (Å²) in [5.74, 6) is 0.258. The Hall–Kier alpha value is -2.77. The van der Waals surface area contributed by atoms with Crippen molar-refractivity contribution in [2.24, 2.45) is 0 Å². The predicted octanol–water partition coefficient (Wildman–Crippen LogP) is 3.39. The number of rotatable bonds is 4. The zero-order valence-corrected chi connectivity index (χ0v) is 13.1. The van der Waals surface area contributed by atoms with Crippen LogP contribution in [0, 0.1) is 0 Å². The highest BCUT2D eigenvalue weighted by Crippen LogP contribution is 2.31. The molecule has 1 saturated heterocycles. The lowest BCUT2D eigenvalue weighted by atomic mass is 10.2. The van der Waals surface area contributed by atoms with E-state index in [0.29, 0.717) is 25.3 Å². The van der Waals surface area contributed by atoms with E-state index in [0.717, 1.165) is 18.3 Å². The fourth-order valence-electron chi connectivity index (χ4n) is 2.49. The molecule has 132 valence electrons. The maximum absolute atomic E-state index is 12.7. The number of hydrogen-bond donors (Lipinski definition) is 0. The standard InChI is InChI=1S/C17H15F3N2O3/c18-17(19,20)12-5-7-21-15(10-12)25-14-6-8-22(11-14)16(23)4-3-13-2-1-9-24-13/h1-5,7,9-10,14H,6,8,11H2. The van der Waals surface area contributed by atoms with Crippen molar-refractivity contribution in [1.29, 1.82) is 0 Å². The first kappa shape index (κ1) is 17.1. The SMILES string of the molecule is O=C(C=Cc1ccco1)N1CCC(Oc2cc(C(F)(F)F)ccn2)C1. The summed E-state index contributed by atoms with van der Waals surface area (Å²) < 4.78 is 48.7. The van der Waals surface area contributed by atoms with Gasteiger partial charge in [0.1, 0.15) is 11.9 Å². The molecule has 2 aromatic rings. The highest BCUT2D eigenvalue weighted by atomic mass is 19.4. The summed E-state index contributed by atoms with van der Waals surface area (Å²) in [6.07, 6.45) is 1.20. The fourth-order valence-corrected chi connectivity index (χ4v) is 2.49. The summed E-state index contributed by atoms with van der Waals surface area (Å²) in [6, 6.07) is 5.18. The molecule has 1 aliphatic heterocycles. The lowest BCUT2D eigenvalue weighted by Gasteiger charge is -2.16. The van der Waals surface area contributed by atoms with Crippen LogP contribution in [-0.2, 0) is 11.0 Å². The quantitative estimate of drug-likeness (QED) is 0.792. The maximum atomic E-state index is 12.7. The third-order valence-corrected chi connectivity index (χ3v) is 3.74. The lowest BCUT2D eigenvalue weighted by molar-refractivity contribution is -0.137. The predicted molar refractivity (Wildman–Crippen MR) is 82.6 cm³/mol. The van der Waals surface area contributed by atoms with E-state index in [1.165, 1.54) is 12.3 Å². The molecule has 1 amide bonds. The first-order valence-electron chi connectivity index (χ1n) is 7.62. The Bertz CT molecular complexity index is 757. The van der Waals surface area contributed by atoms with E-state index < -0.39 is 17.8 Å². The van der Waals surface area contributed by atoms with Crippen LogP contribution in [0.1, 0.15) is 17.7 Å². The van der Waals surface area contributed by atoms with Crippen LogP contribution in [0.2, 0.25) is 0 Å². The number of halogens is 3. The van der Waals surface area contributed by atoms with Gasteiger partial charge in [0.05, 0.1) is 18.4 Å². The summed E-state index contributed by atoms with van der Waals surface area (Å²) in [5, 5.41) is 0. The molecule has 0 aromatic carbocycles. The topological polar surface area (TPSA) is 55.6 Å². The van der Waals surface area contributed by atoms with Crippen LogP contribution in [-0.4, -0.2) is 35.0 Å². The molecule has 1 atom stereocenters. The molecule has 1 fully saturated rings. The summed E-state index contributed by atoms with van der Waals surface area (Å²) in [5.41, 5.74) is -0.815. The number of alkyl halides is 3. The van der Waals surface area contributed by atoms with Crippen molar-refractivity contribution in [2.45, 2.75) is 18.7 Å². The average molecular weight is 352 g/mol. The monoisotopic (exact) mass is 352 g/mol. The van der Waals surface area contributed by atoms with Gasteiger partial charge in [-0.1, -0.05) is 0 Å². The van der Waals surface area contributed by atoms with E-state index in [2.05, 4.69) is 4.98 Å². The van der Waals surface area contributed by atoms with Gasteiger partial charge in [-0.25, -0.2) is 4.98 Å². The number of carbonyl (C=O) groups is 1.